The summed E-state index contributed by atoms with van der Waals surface area (Å²) in [6.45, 7) is 3.89. The van der Waals surface area contributed by atoms with Crippen LogP contribution < -0.4 is 5.32 Å². The van der Waals surface area contributed by atoms with Gasteiger partial charge >= 0.3 is 0 Å². The summed E-state index contributed by atoms with van der Waals surface area (Å²) in [5, 5.41) is 3.38. The standard InChI is InChI=1S/C13H15NO/c1-11-4-2-3-5-13(11)9-14-8-12-6-7-15-10-12/h2-7,10,14H,8-9H2,1H3. The maximum absolute atomic E-state index is 5.00. The van der Waals surface area contributed by atoms with Gasteiger partial charge in [0.15, 0.2) is 0 Å². The lowest BCUT2D eigenvalue weighted by molar-refractivity contribution is 0.560. The zero-order valence-corrected chi connectivity index (χ0v) is 8.86. The Balaban J connectivity index is 1.86. The Bertz CT molecular complexity index is 406. The first-order chi connectivity index (χ1) is 7.36. The van der Waals surface area contributed by atoms with Crippen LogP contribution in [0.15, 0.2) is 47.3 Å². The molecule has 0 unspecified atom stereocenters. The van der Waals surface area contributed by atoms with Crippen LogP contribution in [0.25, 0.3) is 0 Å². The van der Waals surface area contributed by atoms with Crippen LogP contribution in [0.5, 0.6) is 0 Å². The van der Waals surface area contributed by atoms with Crippen LogP contribution in [-0.4, -0.2) is 0 Å². The quantitative estimate of drug-likeness (QED) is 0.822. The normalized spacial score (nSPS) is 10.5. The van der Waals surface area contributed by atoms with E-state index in [1.807, 2.05) is 6.07 Å². The summed E-state index contributed by atoms with van der Waals surface area (Å²) in [7, 11) is 0. The van der Waals surface area contributed by atoms with Crippen molar-refractivity contribution < 1.29 is 4.42 Å². The van der Waals surface area contributed by atoms with Gasteiger partial charge in [-0.15, -0.1) is 0 Å². The Morgan fingerprint density at radius 1 is 1.13 bits per heavy atom. The Morgan fingerprint density at radius 2 is 2.00 bits per heavy atom. The highest BCUT2D eigenvalue weighted by molar-refractivity contribution is 5.25. The van der Waals surface area contributed by atoms with E-state index < -0.39 is 0 Å². The van der Waals surface area contributed by atoms with Crippen molar-refractivity contribution in [2.75, 3.05) is 0 Å². The fourth-order valence-electron chi connectivity index (χ4n) is 1.54. The molecular formula is C13H15NO. The van der Waals surface area contributed by atoms with Crippen LogP contribution in [0.4, 0.5) is 0 Å². The molecule has 0 amide bonds. The van der Waals surface area contributed by atoms with E-state index in [9.17, 15) is 0 Å². The van der Waals surface area contributed by atoms with Crippen LogP contribution >= 0.6 is 0 Å². The Kier molecular flexibility index (Phi) is 3.20. The third-order valence-electron chi connectivity index (χ3n) is 2.49. The molecule has 1 aromatic heterocycles. The van der Waals surface area contributed by atoms with Gasteiger partial charge in [-0.3, -0.25) is 0 Å². The smallest absolute Gasteiger partial charge is 0.0947 e. The predicted molar refractivity (Wildman–Crippen MR) is 60.4 cm³/mol. The molecule has 1 aromatic carbocycles. The molecule has 2 aromatic rings. The minimum absolute atomic E-state index is 0.852. The van der Waals surface area contributed by atoms with Gasteiger partial charge in [0.1, 0.15) is 0 Å². The van der Waals surface area contributed by atoms with Crippen molar-refractivity contribution in [3.05, 3.63) is 59.5 Å². The lowest BCUT2D eigenvalue weighted by atomic mass is 10.1. The molecule has 0 aliphatic rings. The van der Waals surface area contributed by atoms with E-state index in [1.165, 1.54) is 16.7 Å². The lowest BCUT2D eigenvalue weighted by Gasteiger charge is -2.06. The number of hydrogen-bond acceptors (Lipinski definition) is 2. The number of aryl methyl sites for hydroxylation is 1. The molecule has 0 aliphatic heterocycles. The van der Waals surface area contributed by atoms with E-state index in [4.69, 9.17) is 4.42 Å². The molecule has 2 rings (SSSR count). The topological polar surface area (TPSA) is 25.2 Å². The van der Waals surface area contributed by atoms with Gasteiger partial charge in [-0.2, -0.15) is 0 Å². The van der Waals surface area contributed by atoms with Crippen LogP contribution in [0, 0.1) is 6.92 Å². The van der Waals surface area contributed by atoms with E-state index in [0.717, 1.165) is 13.1 Å². The number of furan rings is 1. The van der Waals surface area contributed by atoms with Crippen molar-refractivity contribution in [2.45, 2.75) is 20.0 Å². The summed E-state index contributed by atoms with van der Waals surface area (Å²) in [5.74, 6) is 0. The SMILES string of the molecule is Cc1ccccc1CNCc1ccoc1. The lowest BCUT2D eigenvalue weighted by Crippen LogP contribution is -2.12. The molecule has 0 radical (unpaired) electrons. The molecule has 0 fully saturated rings. The van der Waals surface area contributed by atoms with Gasteiger partial charge in [0.25, 0.3) is 0 Å². The van der Waals surface area contributed by atoms with Gasteiger partial charge in [0.05, 0.1) is 12.5 Å². The van der Waals surface area contributed by atoms with Crippen LogP contribution in [0.3, 0.4) is 0 Å². The van der Waals surface area contributed by atoms with Crippen LogP contribution in [0.1, 0.15) is 16.7 Å². The van der Waals surface area contributed by atoms with Gasteiger partial charge in [-0.25, -0.2) is 0 Å². The summed E-state index contributed by atoms with van der Waals surface area (Å²) in [5.41, 5.74) is 3.86. The van der Waals surface area contributed by atoms with E-state index in [0.29, 0.717) is 0 Å². The molecule has 78 valence electrons. The number of benzene rings is 1. The molecule has 1 N–H and O–H groups in total. The molecule has 0 saturated heterocycles. The molecule has 0 saturated carbocycles. The minimum Gasteiger partial charge on any atom is -0.472 e. The van der Waals surface area contributed by atoms with E-state index in [-0.39, 0.29) is 0 Å². The summed E-state index contributed by atoms with van der Waals surface area (Å²) in [4.78, 5) is 0. The summed E-state index contributed by atoms with van der Waals surface area (Å²) >= 11 is 0. The van der Waals surface area contributed by atoms with Crippen molar-refractivity contribution in [2.24, 2.45) is 0 Å². The first kappa shape index (κ1) is 9.99. The van der Waals surface area contributed by atoms with E-state index >= 15 is 0 Å². The zero-order chi connectivity index (χ0) is 10.5. The van der Waals surface area contributed by atoms with Crippen LogP contribution in [-0.2, 0) is 13.1 Å². The third kappa shape index (κ3) is 2.70. The third-order valence-corrected chi connectivity index (χ3v) is 2.49. The van der Waals surface area contributed by atoms with E-state index in [1.54, 1.807) is 12.5 Å². The molecule has 2 nitrogen and oxygen atoms in total. The molecule has 1 heterocycles. The molecule has 0 spiro atoms. The number of nitrogens with one attached hydrogen (secondary N) is 1. The maximum atomic E-state index is 5.00. The van der Waals surface area contributed by atoms with Crippen molar-refractivity contribution in [1.82, 2.24) is 5.32 Å². The van der Waals surface area contributed by atoms with Gasteiger partial charge in [-0.1, -0.05) is 24.3 Å². The number of rotatable bonds is 4. The van der Waals surface area contributed by atoms with Crippen LogP contribution in [0.2, 0.25) is 0 Å². The minimum atomic E-state index is 0.852. The predicted octanol–water partition coefficient (Wildman–Crippen LogP) is 2.88. The molecule has 15 heavy (non-hydrogen) atoms. The highest BCUT2D eigenvalue weighted by Crippen LogP contribution is 2.07. The highest BCUT2D eigenvalue weighted by Gasteiger charge is 1.97. The largest absolute Gasteiger partial charge is 0.472 e. The zero-order valence-electron chi connectivity index (χ0n) is 8.86. The second-order valence-electron chi connectivity index (χ2n) is 3.66. The monoisotopic (exact) mass is 201 g/mol. The van der Waals surface area contributed by atoms with E-state index in [2.05, 4.69) is 36.5 Å². The molecule has 0 atom stereocenters. The van der Waals surface area contributed by atoms with Crippen molar-refractivity contribution >= 4 is 0 Å². The first-order valence-electron chi connectivity index (χ1n) is 5.12. The van der Waals surface area contributed by atoms with Gasteiger partial charge < -0.3 is 9.73 Å². The number of hydrogen-bond donors (Lipinski definition) is 1. The van der Waals surface area contributed by atoms with Gasteiger partial charge in [0.2, 0.25) is 0 Å². The fourth-order valence-corrected chi connectivity index (χ4v) is 1.54. The molecule has 2 heteroatoms. The fraction of sp³-hybridized carbons (Fsp3) is 0.231. The van der Waals surface area contributed by atoms with Crippen molar-refractivity contribution in [1.29, 1.82) is 0 Å². The Labute approximate surface area is 89.9 Å². The molecular weight excluding hydrogens is 186 g/mol. The second-order valence-corrected chi connectivity index (χ2v) is 3.66. The average molecular weight is 201 g/mol. The average Bonchev–Trinajstić information content (AvgIpc) is 2.74. The second kappa shape index (κ2) is 4.80. The maximum Gasteiger partial charge on any atom is 0.0947 e. The van der Waals surface area contributed by atoms with Crippen molar-refractivity contribution in [3.63, 3.8) is 0 Å². The summed E-state index contributed by atoms with van der Waals surface area (Å²) in [6, 6.07) is 10.4. The Morgan fingerprint density at radius 3 is 2.73 bits per heavy atom. The van der Waals surface area contributed by atoms with Crippen molar-refractivity contribution in [3.8, 4) is 0 Å². The summed E-state index contributed by atoms with van der Waals surface area (Å²) < 4.78 is 5.00. The Hall–Kier alpha value is -1.54. The summed E-state index contributed by atoms with van der Waals surface area (Å²) in [6.07, 6.45) is 3.47. The highest BCUT2D eigenvalue weighted by atomic mass is 16.3. The van der Waals surface area contributed by atoms with Gasteiger partial charge in [-0.05, 0) is 24.1 Å². The molecule has 0 aliphatic carbocycles. The molecule has 0 bridgehead atoms. The van der Waals surface area contributed by atoms with Gasteiger partial charge in [0, 0.05) is 18.7 Å². The first-order valence-corrected chi connectivity index (χ1v) is 5.12.